The molecule has 0 fully saturated rings. The Morgan fingerprint density at radius 2 is 1.71 bits per heavy atom. The Morgan fingerprint density at radius 1 is 1.00 bits per heavy atom. The molecule has 21 heavy (non-hydrogen) atoms. The van der Waals surface area contributed by atoms with Gasteiger partial charge in [-0.25, -0.2) is 8.78 Å². The number of halogens is 2. The third-order valence-corrected chi connectivity index (χ3v) is 2.92. The zero-order valence-corrected chi connectivity index (χ0v) is 11.7. The van der Waals surface area contributed by atoms with E-state index in [0.29, 0.717) is 23.7 Å². The molecular formula is C16H17F2NO2. The highest BCUT2D eigenvalue weighted by atomic mass is 19.2. The Balaban J connectivity index is 1.98. The van der Waals surface area contributed by atoms with Gasteiger partial charge in [-0.3, -0.25) is 0 Å². The van der Waals surface area contributed by atoms with Crippen LogP contribution < -0.4 is 15.2 Å². The fourth-order valence-electron chi connectivity index (χ4n) is 1.85. The number of nitrogens with two attached hydrogens (primary N) is 1. The highest BCUT2D eigenvalue weighted by molar-refractivity contribution is 5.33. The van der Waals surface area contributed by atoms with E-state index in [1.54, 1.807) is 12.1 Å². The van der Waals surface area contributed by atoms with Gasteiger partial charge in [0.2, 0.25) is 0 Å². The monoisotopic (exact) mass is 293 g/mol. The summed E-state index contributed by atoms with van der Waals surface area (Å²) in [5.74, 6) is -0.493. The quantitative estimate of drug-likeness (QED) is 0.887. The van der Waals surface area contributed by atoms with E-state index in [9.17, 15) is 8.78 Å². The van der Waals surface area contributed by atoms with Crippen LogP contribution in [0.2, 0.25) is 0 Å². The van der Waals surface area contributed by atoms with Crippen molar-refractivity contribution in [2.75, 3.05) is 13.2 Å². The van der Waals surface area contributed by atoms with Gasteiger partial charge in [-0.15, -0.1) is 0 Å². The summed E-state index contributed by atoms with van der Waals surface area (Å²) < 4.78 is 36.9. The molecule has 0 aromatic heterocycles. The van der Waals surface area contributed by atoms with Gasteiger partial charge in [0, 0.05) is 6.07 Å². The molecule has 5 heteroatoms. The van der Waals surface area contributed by atoms with Gasteiger partial charge in [-0.05, 0) is 36.8 Å². The summed E-state index contributed by atoms with van der Waals surface area (Å²) in [7, 11) is 0. The van der Waals surface area contributed by atoms with Crippen molar-refractivity contribution in [1.29, 1.82) is 0 Å². The molecule has 0 bridgehead atoms. The second-order valence-electron chi connectivity index (χ2n) is 4.50. The van der Waals surface area contributed by atoms with Crippen molar-refractivity contribution in [1.82, 2.24) is 0 Å². The average Bonchev–Trinajstić information content (AvgIpc) is 2.48. The smallest absolute Gasteiger partial charge is 0.159 e. The van der Waals surface area contributed by atoms with Crippen molar-refractivity contribution in [2.45, 2.75) is 13.0 Å². The minimum Gasteiger partial charge on any atom is -0.494 e. The molecule has 0 spiro atoms. The summed E-state index contributed by atoms with van der Waals surface area (Å²) in [5, 5.41) is 0. The highest BCUT2D eigenvalue weighted by Gasteiger charge is 2.10. The first-order chi connectivity index (χ1) is 10.1. The molecule has 112 valence electrons. The molecule has 0 saturated heterocycles. The molecule has 0 amide bonds. The standard InChI is InChI=1S/C16H17F2NO2/c1-2-20-12-4-3-5-13(9-12)21-10-16(19)11-6-7-14(17)15(18)8-11/h3-9,16H,2,10,19H2,1H3. The molecule has 0 aliphatic carbocycles. The van der Waals surface area contributed by atoms with Crippen LogP contribution in [0, 0.1) is 11.6 Å². The molecule has 0 aliphatic rings. The highest BCUT2D eigenvalue weighted by Crippen LogP contribution is 2.21. The predicted octanol–water partition coefficient (Wildman–Crippen LogP) is 3.44. The van der Waals surface area contributed by atoms with E-state index in [-0.39, 0.29) is 6.61 Å². The van der Waals surface area contributed by atoms with Gasteiger partial charge in [0.25, 0.3) is 0 Å². The number of hydrogen-bond donors (Lipinski definition) is 1. The topological polar surface area (TPSA) is 44.5 Å². The molecule has 1 unspecified atom stereocenters. The van der Waals surface area contributed by atoms with Crippen molar-refractivity contribution < 1.29 is 18.3 Å². The van der Waals surface area contributed by atoms with Crippen LogP contribution >= 0.6 is 0 Å². The first-order valence-electron chi connectivity index (χ1n) is 6.66. The third-order valence-electron chi connectivity index (χ3n) is 2.92. The largest absolute Gasteiger partial charge is 0.494 e. The number of ether oxygens (including phenoxy) is 2. The zero-order valence-electron chi connectivity index (χ0n) is 11.7. The summed E-state index contributed by atoms with van der Waals surface area (Å²) in [6.45, 7) is 2.62. The van der Waals surface area contributed by atoms with Crippen LogP contribution in [0.25, 0.3) is 0 Å². The van der Waals surface area contributed by atoms with E-state index in [1.807, 2.05) is 19.1 Å². The molecule has 2 aromatic carbocycles. The van der Waals surface area contributed by atoms with Crippen LogP contribution in [-0.4, -0.2) is 13.2 Å². The number of hydrogen-bond acceptors (Lipinski definition) is 3. The molecule has 2 aromatic rings. The van der Waals surface area contributed by atoms with E-state index in [0.717, 1.165) is 12.1 Å². The lowest BCUT2D eigenvalue weighted by Gasteiger charge is -2.14. The molecule has 1 atom stereocenters. The molecular weight excluding hydrogens is 276 g/mol. The van der Waals surface area contributed by atoms with Crippen LogP contribution in [0.4, 0.5) is 8.78 Å². The SMILES string of the molecule is CCOc1cccc(OCC(N)c2ccc(F)c(F)c2)c1. The van der Waals surface area contributed by atoms with E-state index in [1.165, 1.54) is 6.07 Å². The number of rotatable bonds is 6. The molecule has 0 heterocycles. The van der Waals surface area contributed by atoms with E-state index in [2.05, 4.69) is 0 Å². The van der Waals surface area contributed by atoms with Gasteiger partial charge in [0.1, 0.15) is 18.1 Å². The Morgan fingerprint density at radius 3 is 2.38 bits per heavy atom. The lowest BCUT2D eigenvalue weighted by atomic mass is 10.1. The molecule has 0 radical (unpaired) electrons. The normalized spacial score (nSPS) is 12.0. The van der Waals surface area contributed by atoms with Crippen molar-refractivity contribution >= 4 is 0 Å². The van der Waals surface area contributed by atoms with Gasteiger partial charge in [-0.2, -0.15) is 0 Å². The van der Waals surface area contributed by atoms with Crippen molar-refractivity contribution in [3.8, 4) is 11.5 Å². The summed E-state index contributed by atoms with van der Waals surface area (Å²) >= 11 is 0. The Labute approximate surface area is 122 Å². The summed E-state index contributed by atoms with van der Waals surface area (Å²) in [5.41, 5.74) is 6.39. The lowest BCUT2D eigenvalue weighted by Crippen LogP contribution is -2.19. The molecule has 0 saturated carbocycles. The maximum absolute atomic E-state index is 13.2. The second kappa shape index (κ2) is 7.04. The minimum atomic E-state index is -0.915. The van der Waals surface area contributed by atoms with Gasteiger partial charge in [0.05, 0.1) is 12.6 Å². The predicted molar refractivity (Wildman–Crippen MR) is 76.4 cm³/mol. The number of benzene rings is 2. The van der Waals surface area contributed by atoms with Crippen LogP contribution in [0.15, 0.2) is 42.5 Å². The first kappa shape index (κ1) is 15.3. The van der Waals surface area contributed by atoms with Crippen LogP contribution in [0.1, 0.15) is 18.5 Å². The second-order valence-corrected chi connectivity index (χ2v) is 4.50. The molecule has 2 rings (SSSR count). The van der Waals surface area contributed by atoms with Crippen molar-refractivity contribution in [2.24, 2.45) is 5.73 Å². The average molecular weight is 293 g/mol. The fraction of sp³-hybridized carbons (Fsp3) is 0.250. The van der Waals surface area contributed by atoms with Crippen LogP contribution in [0.5, 0.6) is 11.5 Å². The zero-order chi connectivity index (χ0) is 15.2. The van der Waals surface area contributed by atoms with E-state index < -0.39 is 17.7 Å². The van der Waals surface area contributed by atoms with E-state index in [4.69, 9.17) is 15.2 Å². The van der Waals surface area contributed by atoms with Crippen molar-refractivity contribution in [3.05, 3.63) is 59.7 Å². The fourth-order valence-corrected chi connectivity index (χ4v) is 1.85. The van der Waals surface area contributed by atoms with Crippen LogP contribution in [0.3, 0.4) is 0 Å². The first-order valence-corrected chi connectivity index (χ1v) is 6.66. The molecule has 0 aliphatic heterocycles. The summed E-state index contributed by atoms with van der Waals surface area (Å²) in [4.78, 5) is 0. The van der Waals surface area contributed by atoms with Gasteiger partial charge >= 0.3 is 0 Å². The van der Waals surface area contributed by atoms with Crippen LogP contribution in [-0.2, 0) is 0 Å². The summed E-state index contributed by atoms with van der Waals surface area (Å²) in [6, 6.07) is 10.2. The maximum Gasteiger partial charge on any atom is 0.159 e. The molecule has 3 nitrogen and oxygen atoms in total. The van der Waals surface area contributed by atoms with E-state index >= 15 is 0 Å². The summed E-state index contributed by atoms with van der Waals surface area (Å²) in [6.07, 6.45) is 0. The van der Waals surface area contributed by atoms with Gasteiger partial charge in [-0.1, -0.05) is 12.1 Å². The third kappa shape index (κ3) is 4.16. The molecule has 2 N–H and O–H groups in total. The minimum absolute atomic E-state index is 0.153. The Bertz CT molecular complexity index is 605. The van der Waals surface area contributed by atoms with Gasteiger partial charge < -0.3 is 15.2 Å². The van der Waals surface area contributed by atoms with Crippen molar-refractivity contribution in [3.63, 3.8) is 0 Å². The Kier molecular flexibility index (Phi) is 5.11. The Hall–Kier alpha value is -2.14. The lowest BCUT2D eigenvalue weighted by molar-refractivity contribution is 0.286. The van der Waals surface area contributed by atoms with Gasteiger partial charge in [0.15, 0.2) is 11.6 Å². The maximum atomic E-state index is 13.2.